The van der Waals surface area contributed by atoms with E-state index in [9.17, 15) is 50.6 Å². The van der Waals surface area contributed by atoms with Crippen LogP contribution in [0.15, 0.2) is 53.3 Å². The molecule has 0 unspecified atom stereocenters. The molecule has 1 heterocycles. The minimum absolute atomic E-state index is 0.120. The lowest BCUT2D eigenvalue weighted by Gasteiger charge is -2.29. The number of carbonyl (C=O) groups is 3. The second-order valence-corrected chi connectivity index (χ2v) is 10.5. The van der Waals surface area contributed by atoms with Crippen molar-refractivity contribution in [3.8, 4) is 11.4 Å². The van der Waals surface area contributed by atoms with Crippen molar-refractivity contribution < 1.29 is 45.8 Å². The molecule has 4 N–H and O–H groups in total. The van der Waals surface area contributed by atoms with Gasteiger partial charge in [0, 0.05) is 30.0 Å². The summed E-state index contributed by atoms with van der Waals surface area (Å²) >= 11 is 5.86. The maximum absolute atomic E-state index is 13.4. The number of ketones is 1. The molecule has 0 bridgehead atoms. The summed E-state index contributed by atoms with van der Waals surface area (Å²) in [5, 5.41) is 16.2. The van der Waals surface area contributed by atoms with Crippen molar-refractivity contribution in [3.05, 3.63) is 75.2 Å². The number of primary amides is 1. The Morgan fingerprint density at radius 1 is 1.05 bits per heavy atom. The number of aliphatic hydroxyl groups excluding tert-OH is 1. The number of Topliss-reactive ketones (excluding diaryl/α,β-unsaturated/α-hetero) is 1. The van der Waals surface area contributed by atoms with Crippen LogP contribution in [0.1, 0.15) is 30.9 Å². The van der Waals surface area contributed by atoms with E-state index in [1.165, 1.54) is 37.3 Å². The molecule has 1 aromatic heterocycles. The van der Waals surface area contributed by atoms with Crippen LogP contribution in [0.3, 0.4) is 0 Å². The van der Waals surface area contributed by atoms with Crippen LogP contribution in [-0.4, -0.2) is 55.9 Å². The number of nitrogens with one attached hydrogen (secondary N) is 1. The molecule has 10 nitrogen and oxygen atoms in total. The Kier molecular flexibility index (Phi) is 10.3. The van der Waals surface area contributed by atoms with Gasteiger partial charge >= 0.3 is 18.0 Å². The minimum Gasteiger partial charge on any atom is -0.382 e. The second-order valence-electron chi connectivity index (χ2n) is 10.0. The summed E-state index contributed by atoms with van der Waals surface area (Å²) in [6, 6.07) is 9.08. The van der Waals surface area contributed by atoms with E-state index in [2.05, 4.69) is 10.4 Å². The quantitative estimate of drug-likeness (QED) is 0.257. The third-order valence-electron chi connectivity index (χ3n) is 6.62. The van der Waals surface area contributed by atoms with Crippen LogP contribution in [0.5, 0.6) is 0 Å². The zero-order valence-corrected chi connectivity index (χ0v) is 23.6. The summed E-state index contributed by atoms with van der Waals surface area (Å²) in [6.45, 7) is -1.26. The lowest BCUT2D eigenvalue weighted by Crippen LogP contribution is -2.45. The molecule has 3 aromatic rings. The smallest absolute Gasteiger partial charge is 0.382 e. The molecule has 2 atom stereocenters. The normalized spacial score (nSPS) is 14.1. The van der Waals surface area contributed by atoms with Crippen LogP contribution < -0.4 is 16.7 Å². The van der Waals surface area contributed by atoms with Crippen molar-refractivity contribution in [2.24, 2.45) is 5.73 Å². The topological polar surface area (TPSA) is 149 Å². The van der Waals surface area contributed by atoms with E-state index in [1.807, 2.05) is 0 Å². The van der Waals surface area contributed by atoms with Crippen molar-refractivity contribution in [1.82, 2.24) is 19.7 Å². The average molecular weight is 650 g/mol. The first-order chi connectivity index (χ1) is 20.3. The first kappa shape index (κ1) is 34.3. The maximum atomic E-state index is 13.4. The highest BCUT2D eigenvalue weighted by Gasteiger charge is 2.41. The van der Waals surface area contributed by atoms with Gasteiger partial charge in [-0.05, 0) is 42.8 Å². The molecule has 17 heteroatoms. The highest BCUT2D eigenvalue weighted by atomic mass is 35.5. The van der Waals surface area contributed by atoms with Gasteiger partial charge in [-0.1, -0.05) is 29.8 Å². The summed E-state index contributed by atoms with van der Waals surface area (Å²) in [4.78, 5) is 50.7. The number of nitrogens with two attached hydrogens (primary N) is 1. The Bertz CT molecular complexity index is 1590. The molecule has 0 radical (unpaired) electrons. The van der Waals surface area contributed by atoms with E-state index < -0.39 is 72.2 Å². The predicted octanol–water partition coefficient (Wildman–Crippen LogP) is 3.22. The third kappa shape index (κ3) is 8.25. The number of rotatable bonds is 12. The fourth-order valence-electron chi connectivity index (χ4n) is 4.26. The molecule has 44 heavy (non-hydrogen) atoms. The number of aromatic nitrogens is 3. The highest BCUT2D eigenvalue weighted by Crippen LogP contribution is 2.35. The molecule has 0 aliphatic rings. The van der Waals surface area contributed by atoms with Gasteiger partial charge in [0.05, 0.1) is 17.5 Å². The number of nitrogens with zero attached hydrogens (tertiary/aromatic N) is 3. The van der Waals surface area contributed by atoms with E-state index in [0.717, 1.165) is 12.1 Å². The Hall–Kier alpha value is -4.18. The Morgan fingerprint density at radius 3 is 2.23 bits per heavy atom. The molecule has 0 saturated carbocycles. The number of hydrogen-bond donors (Lipinski definition) is 3. The van der Waals surface area contributed by atoms with Crippen molar-refractivity contribution in [3.63, 3.8) is 0 Å². The zero-order chi connectivity index (χ0) is 33.0. The van der Waals surface area contributed by atoms with Crippen LogP contribution >= 0.6 is 11.6 Å². The van der Waals surface area contributed by atoms with E-state index in [0.29, 0.717) is 15.3 Å². The standard InChI is InChI=1S/C27H26ClF6N5O5/c1-25(23(43)36-10-9-21(35)42,16-3-2-4-17(11-16)26(29,30)31)12-19(40)13-39-24(44)38(14-20(41)27(32,33)34)22(37-39)15-5-7-18(28)8-6-15/h2-8,11,20,41H,9-10,12-14H2,1H3,(H2,35,42)(H,36,43)/t20-,25+/m0/s1. The molecule has 0 spiro atoms. The molecule has 2 amide bonds. The van der Waals surface area contributed by atoms with E-state index in [4.69, 9.17) is 17.3 Å². The number of hydrogen-bond acceptors (Lipinski definition) is 6. The van der Waals surface area contributed by atoms with Gasteiger partial charge in [-0.25, -0.2) is 9.48 Å². The third-order valence-corrected chi connectivity index (χ3v) is 6.87. The summed E-state index contributed by atoms with van der Waals surface area (Å²) in [5.74, 6) is -2.95. The number of aliphatic hydroxyl groups is 1. The van der Waals surface area contributed by atoms with E-state index in [1.54, 1.807) is 0 Å². The van der Waals surface area contributed by atoms with Gasteiger partial charge in [-0.15, -0.1) is 5.10 Å². The van der Waals surface area contributed by atoms with Crippen LogP contribution in [0, 0.1) is 0 Å². The second kappa shape index (κ2) is 13.2. The largest absolute Gasteiger partial charge is 0.416 e. The first-order valence-electron chi connectivity index (χ1n) is 12.8. The first-order valence-corrected chi connectivity index (χ1v) is 13.1. The van der Waals surface area contributed by atoms with Crippen LogP contribution in [0.2, 0.25) is 5.02 Å². The van der Waals surface area contributed by atoms with Gasteiger partial charge in [0.15, 0.2) is 17.7 Å². The van der Waals surface area contributed by atoms with Gasteiger partial charge in [0.25, 0.3) is 0 Å². The van der Waals surface area contributed by atoms with Gasteiger partial charge in [-0.2, -0.15) is 26.3 Å². The van der Waals surface area contributed by atoms with Crippen LogP contribution in [-0.2, 0) is 39.1 Å². The van der Waals surface area contributed by atoms with Crippen LogP contribution in [0.4, 0.5) is 26.3 Å². The number of benzene rings is 2. The van der Waals surface area contributed by atoms with E-state index >= 15 is 0 Å². The molecule has 0 saturated heterocycles. The maximum Gasteiger partial charge on any atom is 0.416 e. The van der Waals surface area contributed by atoms with Gasteiger partial charge in [0.2, 0.25) is 11.8 Å². The van der Waals surface area contributed by atoms with Crippen molar-refractivity contribution in [2.75, 3.05) is 6.54 Å². The lowest BCUT2D eigenvalue weighted by molar-refractivity contribution is -0.207. The Balaban J connectivity index is 2.01. The lowest BCUT2D eigenvalue weighted by atomic mass is 9.76. The Morgan fingerprint density at radius 2 is 1.66 bits per heavy atom. The molecular formula is C27H26ClF6N5O5. The van der Waals surface area contributed by atoms with Gasteiger partial charge < -0.3 is 16.2 Å². The number of alkyl halides is 6. The number of amides is 2. The molecule has 3 rings (SSSR count). The highest BCUT2D eigenvalue weighted by molar-refractivity contribution is 6.30. The summed E-state index contributed by atoms with van der Waals surface area (Å²) in [6.07, 6.45) is -13.9. The predicted molar refractivity (Wildman–Crippen MR) is 144 cm³/mol. The van der Waals surface area contributed by atoms with E-state index in [-0.39, 0.29) is 34.9 Å². The Labute approximate surface area is 250 Å². The fourth-order valence-corrected chi connectivity index (χ4v) is 4.39. The SMILES string of the molecule is C[C@](CC(=O)Cn1nc(-c2ccc(Cl)cc2)n(C[C@H](O)C(F)(F)F)c1=O)(C(=O)NCCC(N)=O)c1cccc(C(F)(F)F)c1. The van der Waals surface area contributed by atoms with Crippen LogP contribution in [0.25, 0.3) is 11.4 Å². The molecule has 2 aromatic carbocycles. The number of halogens is 7. The van der Waals surface area contributed by atoms with Crippen molar-refractivity contribution in [2.45, 2.75) is 56.7 Å². The van der Waals surface area contributed by atoms with Gasteiger partial charge in [-0.3, -0.25) is 19.0 Å². The summed E-state index contributed by atoms with van der Waals surface area (Å²) < 4.78 is 80.8. The molecule has 238 valence electrons. The molecule has 0 aliphatic heterocycles. The van der Waals surface area contributed by atoms with Gasteiger partial charge in [0.1, 0.15) is 6.54 Å². The molecule has 0 aliphatic carbocycles. The fraction of sp³-hybridized carbons (Fsp3) is 0.370. The number of carbonyl (C=O) groups excluding carboxylic acids is 3. The van der Waals surface area contributed by atoms with Crippen molar-refractivity contribution >= 4 is 29.2 Å². The summed E-state index contributed by atoms with van der Waals surface area (Å²) in [7, 11) is 0. The minimum atomic E-state index is -5.09. The zero-order valence-electron chi connectivity index (χ0n) is 22.9. The molecule has 0 fully saturated rings. The monoisotopic (exact) mass is 649 g/mol. The molecular weight excluding hydrogens is 624 g/mol. The van der Waals surface area contributed by atoms with Crippen molar-refractivity contribution in [1.29, 1.82) is 0 Å². The average Bonchev–Trinajstić information content (AvgIpc) is 3.22. The summed E-state index contributed by atoms with van der Waals surface area (Å²) in [5.41, 5.74) is 0.691.